The Hall–Kier alpha value is -2.02. The first-order chi connectivity index (χ1) is 9.88. The number of ether oxygens (including phenoxy) is 1. The molecule has 0 heterocycles. The summed E-state index contributed by atoms with van der Waals surface area (Å²) in [6, 6.07) is 3.31. The van der Waals surface area contributed by atoms with Crippen LogP contribution in [0.3, 0.4) is 0 Å². The van der Waals surface area contributed by atoms with Gasteiger partial charge in [-0.15, -0.1) is 0 Å². The average Bonchev–Trinajstić information content (AvgIpc) is 2.41. The summed E-state index contributed by atoms with van der Waals surface area (Å²) in [5.41, 5.74) is -0.365. The van der Waals surface area contributed by atoms with Crippen LogP contribution >= 0.6 is 0 Å². The highest BCUT2D eigenvalue weighted by atomic mass is 19.1. The van der Waals surface area contributed by atoms with E-state index in [0.717, 1.165) is 17.0 Å². The Balaban J connectivity index is 2.99. The molecule has 1 unspecified atom stereocenters. The van der Waals surface area contributed by atoms with Gasteiger partial charge in [0.2, 0.25) is 5.91 Å². The van der Waals surface area contributed by atoms with Crippen molar-refractivity contribution in [1.29, 1.82) is 0 Å². The van der Waals surface area contributed by atoms with Crippen molar-refractivity contribution in [3.05, 3.63) is 35.4 Å². The summed E-state index contributed by atoms with van der Waals surface area (Å²) < 4.78 is 32.2. The first-order valence-corrected chi connectivity index (χ1v) is 6.32. The van der Waals surface area contributed by atoms with Gasteiger partial charge in [0, 0.05) is 19.2 Å². The normalized spacial score (nSPS) is 12.0. The maximum Gasteiger partial charge on any atom is 0.323 e. The summed E-state index contributed by atoms with van der Waals surface area (Å²) >= 11 is 0. The molecule has 0 saturated carbocycles. The van der Waals surface area contributed by atoms with E-state index in [1.807, 2.05) is 0 Å². The standard InChI is InChI=1S/C14H17F2NO4/c1-9(13-10(15)4-3-5-11(13)16)14(20)17(6-7-21-2)8-12(18)19/h3-5,9H,6-8H2,1-2H3,(H,18,19). The Bertz CT molecular complexity index is 501. The van der Waals surface area contributed by atoms with Crippen LogP contribution in [0.15, 0.2) is 18.2 Å². The van der Waals surface area contributed by atoms with Crippen LogP contribution in [0.2, 0.25) is 0 Å². The summed E-state index contributed by atoms with van der Waals surface area (Å²) in [5.74, 6) is -4.67. The van der Waals surface area contributed by atoms with Gasteiger partial charge in [-0.05, 0) is 19.1 Å². The van der Waals surface area contributed by atoms with Gasteiger partial charge in [0.05, 0.1) is 12.5 Å². The number of carbonyl (C=O) groups excluding carboxylic acids is 1. The fraction of sp³-hybridized carbons (Fsp3) is 0.429. The van der Waals surface area contributed by atoms with Crippen LogP contribution in [-0.4, -0.2) is 48.7 Å². The van der Waals surface area contributed by atoms with Crippen LogP contribution < -0.4 is 0 Å². The molecule has 1 aromatic rings. The zero-order valence-corrected chi connectivity index (χ0v) is 11.8. The number of halogens is 2. The summed E-state index contributed by atoms with van der Waals surface area (Å²) in [5, 5.41) is 8.81. The van der Waals surface area contributed by atoms with E-state index in [-0.39, 0.29) is 18.7 Å². The number of hydrogen-bond acceptors (Lipinski definition) is 3. The zero-order chi connectivity index (χ0) is 16.0. The second-order valence-corrected chi connectivity index (χ2v) is 4.50. The lowest BCUT2D eigenvalue weighted by atomic mass is 9.98. The molecule has 0 radical (unpaired) electrons. The Morgan fingerprint density at radius 1 is 1.33 bits per heavy atom. The minimum absolute atomic E-state index is 0.0298. The maximum atomic E-state index is 13.7. The van der Waals surface area contributed by atoms with E-state index >= 15 is 0 Å². The monoisotopic (exact) mass is 301 g/mol. The van der Waals surface area contributed by atoms with Gasteiger partial charge in [0.15, 0.2) is 0 Å². The summed E-state index contributed by atoms with van der Waals surface area (Å²) in [7, 11) is 1.41. The van der Waals surface area contributed by atoms with Crippen LogP contribution in [0.4, 0.5) is 8.78 Å². The molecule has 1 rings (SSSR count). The number of amides is 1. The van der Waals surface area contributed by atoms with Gasteiger partial charge in [0.1, 0.15) is 18.2 Å². The van der Waals surface area contributed by atoms with Crippen molar-refractivity contribution in [3.8, 4) is 0 Å². The molecular weight excluding hydrogens is 284 g/mol. The van der Waals surface area contributed by atoms with E-state index < -0.39 is 36.0 Å². The highest BCUT2D eigenvalue weighted by molar-refractivity contribution is 5.86. The Morgan fingerprint density at radius 3 is 2.38 bits per heavy atom. The molecule has 1 amide bonds. The number of nitrogens with zero attached hydrogens (tertiary/aromatic N) is 1. The molecule has 5 nitrogen and oxygen atoms in total. The minimum Gasteiger partial charge on any atom is -0.480 e. The molecule has 0 aliphatic carbocycles. The number of carbonyl (C=O) groups is 2. The van der Waals surface area contributed by atoms with Crippen molar-refractivity contribution in [3.63, 3.8) is 0 Å². The average molecular weight is 301 g/mol. The molecule has 0 spiro atoms. The highest BCUT2D eigenvalue weighted by Crippen LogP contribution is 2.24. The quantitative estimate of drug-likeness (QED) is 0.831. The van der Waals surface area contributed by atoms with E-state index in [0.29, 0.717) is 0 Å². The van der Waals surface area contributed by atoms with Gasteiger partial charge < -0.3 is 14.7 Å². The molecule has 0 aliphatic heterocycles. The molecule has 0 bridgehead atoms. The number of carboxylic acid groups (broad SMARTS) is 1. The number of rotatable bonds is 7. The fourth-order valence-corrected chi connectivity index (χ4v) is 1.95. The zero-order valence-electron chi connectivity index (χ0n) is 11.8. The van der Waals surface area contributed by atoms with Crippen molar-refractivity contribution in [2.45, 2.75) is 12.8 Å². The molecule has 1 atom stereocenters. The summed E-state index contributed by atoms with van der Waals surface area (Å²) in [6.45, 7) is 0.946. The van der Waals surface area contributed by atoms with Gasteiger partial charge in [-0.3, -0.25) is 9.59 Å². The predicted molar refractivity (Wildman–Crippen MR) is 70.9 cm³/mol. The van der Waals surface area contributed by atoms with Gasteiger partial charge >= 0.3 is 5.97 Å². The lowest BCUT2D eigenvalue weighted by Crippen LogP contribution is -2.40. The first kappa shape index (κ1) is 17.0. The smallest absolute Gasteiger partial charge is 0.323 e. The molecule has 0 fully saturated rings. The SMILES string of the molecule is COCCN(CC(=O)O)C(=O)C(C)c1c(F)cccc1F. The van der Waals surface area contributed by atoms with Crippen molar-refractivity contribution < 1.29 is 28.2 Å². The fourth-order valence-electron chi connectivity index (χ4n) is 1.95. The first-order valence-electron chi connectivity index (χ1n) is 6.32. The van der Waals surface area contributed by atoms with E-state index in [1.54, 1.807) is 0 Å². The van der Waals surface area contributed by atoms with Crippen LogP contribution in [0, 0.1) is 11.6 Å². The second-order valence-electron chi connectivity index (χ2n) is 4.50. The summed E-state index contributed by atoms with van der Waals surface area (Å²) in [6.07, 6.45) is 0. The molecule has 116 valence electrons. The summed E-state index contributed by atoms with van der Waals surface area (Å²) in [4.78, 5) is 24.1. The van der Waals surface area contributed by atoms with Gasteiger partial charge in [-0.25, -0.2) is 8.78 Å². The van der Waals surface area contributed by atoms with E-state index in [4.69, 9.17) is 9.84 Å². The molecule has 0 saturated heterocycles. The van der Waals surface area contributed by atoms with Crippen LogP contribution in [0.1, 0.15) is 18.4 Å². The Labute approximate surface area is 121 Å². The van der Waals surface area contributed by atoms with Crippen LogP contribution in [-0.2, 0) is 14.3 Å². The molecule has 1 aromatic carbocycles. The van der Waals surface area contributed by atoms with Crippen molar-refractivity contribution >= 4 is 11.9 Å². The van der Waals surface area contributed by atoms with Crippen LogP contribution in [0.5, 0.6) is 0 Å². The molecule has 1 N–H and O–H groups in total. The lowest BCUT2D eigenvalue weighted by molar-refractivity contribution is -0.145. The van der Waals surface area contributed by atoms with Gasteiger partial charge in [-0.1, -0.05) is 6.07 Å². The third kappa shape index (κ3) is 4.49. The molecule has 7 heteroatoms. The molecule has 0 aliphatic rings. The number of carboxylic acids is 1. The Morgan fingerprint density at radius 2 is 1.90 bits per heavy atom. The highest BCUT2D eigenvalue weighted by Gasteiger charge is 2.27. The minimum atomic E-state index is -1.21. The third-order valence-electron chi connectivity index (χ3n) is 3.01. The van der Waals surface area contributed by atoms with Gasteiger partial charge in [0.25, 0.3) is 0 Å². The number of benzene rings is 1. The number of hydrogen-bond donors (Lipinski definition) is 1. The van der Waals surface area contributed by atoms with Crippen molar-refractivity contribution in [1.82, 2.24) is 4.90 Å². The maximum absolute atomic E-state index is 13.7. The number of aliphatic carboxylic acids is 1. The Kier molecular flexibility index (Phi) is 6.23. The molecular formula is C14H17F2NO4. The van der Waals surface area contributed by atoms with Gasteiger partial charge in [-0.2, -0.15) is 0 Å². The van der Waals surface area contributed by atoms with E-state index in [1.165, 1.54) is 20.1 Å². The third-order valence-corrected chi connectivity index (χ3v) is 3.01. The van der Waals surface area contributed by atoms with Crippen molar-refractivity contribution in [2.75, 3.05) is 26.8 Å². The lowest BCUT2D eigenvalue weighted by Gasteiger charge is -2.24. The number of methoxy groups -OCH3 is 1. The largest absolute Gasteiger partial charge is 0.480 e. The molecule has 21 heavy (non-hydrogen) atoms. The molecule has 0 aromatic heterocycles. The van der Waals surface area contributed by atoms with Crippen LogP contribution in [0.25, 0.3) is 0 Å². The van der Waals surface area contributed by atoms with Crippen molar-refractivity contribution in [2.24, 2.45) is 0 Å². The van der Waals surface area contributed by atoms with E-state index in [2.05, 4.69) is 0 Å². The predicted octanol–water partition coefficient (Wildman–Crippen LogP) is 1.63. The van der Waals surface area contributed by atoms with E-state index in [9.17, 15) is 18.4 Å². The second kappa shape index (κ2) is 7.68. The topological polar surface area (TPSA) is 66.8 Å².